The molecule has 66 valence electrons. The van der Waals surface area contributed by atoms with Crippen LogP contribution in [0.3, 0.4) is 0 Å². The van der Waals surface area contributed by atoms with Gasteiger partial charge in [-0.1, -0.05) is 6.92 Å². The third-order valence-electron chi connectivity index (χ3n) is 1.80. The molecular weight excluding hydrogens is 168 g/mol. The van der Waals surface area contributed by atoms with Gasteiger partial charge in [0.1, 0.15) is 5.69 Å². The second kappa shape index (κ2) is 2.97. The van der Waals surface area contributed by atoms with E-state index in [1.807, 2.05) is 0 Å². The zero-order valence-electron chi connectivity index (χ0n) is 7.15. The van der Waals surface area contributed by atoms with Gasteiger partial charge in [-0.3, -0.25) is 4.79 Å². The van der Waals surface area contributed by atoms with Crippen LogP contribution in [0.5, 0.6) is 0 Å². The number of Topliss-reactive ketones (excluding diaryl/α,β-unsaturated/α-hetero) is 1. The Morgan fingerprint density at radius 1 is 1.54 bits per heavy atom. The fourth-order valence-electron chi connectivity index (χ4n) is 1.09. The van der Waals surface area contributed by atoms with Gasteiger partial charge in [0.05, 0.1) is 0 Å². The third kappa shape index (κ3) is 1.30. The Balaban J connectivity index is 2.54. The Labute approximate surface area is 74.6 Å². The summed E-state index contributed by atoms with van der Waals surface area (Å²) in [6.07, 6.45) is 1.77. The quantitative estimate of drug-likeness (QED) is 0.655. The van der Waals surface area contributed by atoms with Crippen molar-refractivity contribution in [2.75, 3.05) is 0 Å². The molecule has 0 fully saturated rings. The first-order chi connectivity index (χ1) is 6.31. The van der Waals surface area contributed by atoms with Gasteiger partial charge < -0.3 is 4.42 Å². The van der Waals surface area contributed by atoms with Crippen LogP contribution in [-0.4, -0.2) is 15.8 Å². The number of carbonyl (C=O) groups is 1. The molecular formula is C9H8N2O2. The van der Waals surface area contributed by atoms with Gasteiger partial charge in [0, 0.05) is 6.42 Å². The fraction of sp³-hybridized carbons (Fsp3) is 0.222. The molecule has 0 unspecified atom stereocenters. The SMILES string of the molecule is CCC(=O)c1ccc2ocnc2n1. The molecule has 0 bridgehead atoms. The van der Waals surface area contributed by atoms with Gasteiger partial charge in [-0.05, 0) is 12.1 Å². The van der Waals surface area contributed by atoms with Gasteiger partial charge in [-0.2, -0.15) is 4.98 Å². The lowest BCUT2D eigenvalue weighted by atomic mass is 10.2. The van der Waals surface area contributed by atoms with Crippen LogP contribution >= 0.6 is 0 Å². The second-order valence-corrected chi connectivity index (χ2v) is 2.65. The number of oxazole rings is 1. The number of fused-ring (bicyclic) bond motifs is 1. The molecule has 2 aromatic heterocycles. The number of hydrogen-bond donors (Lipinski definition) is 0. The Morgan fingerprint density at radius 2 is 2.38 bits per heavy atom. The summed E-state index contributed by atoms with van der Waals surface area (Å²) in [7, 11) is 0. The Morgan fingerprint density at radius 3 is 3.15 bits per heavy atom. The molecule has 0 aliphatic heterocycles. The van der Waals surface area contributed by atoms with Crippen LogP contribution in [0.1, 0.15) is 23.8 Å². The summed E-state index contributed by atoms with van der Waals surface area (Å²) in [4.78, 5) is 19.2. The Hall–Kier alpha value is -1.71. The maximum Gasteiger partial charge on any atom is 0.199 e. The average Bonchev–Trinajstić information content (AvgIpc) is 2.63. The molecule has 2 aromatic rings. The highest BCUT2D eigenvalue weighted by Gasteiger charge is 2.07. The summed E-state index contributed by atoms with van der Waals surface area (Å²) >= 11 is 0. The van der Waals surface area contributed by atoms with Crippen LogP contribution in [0, 0.1) is 0 Å². The van der Waals surface area contributed by atoms with Crippen LogP contribution in [-0.2, 0) is 0 Å². The van der Waals surface area contributed by atoms with Crippen molar-refractivity contribution in [3.05, 3.63) is 24.2 Å². The topological polar surface area (TPSA) is 56.0 Å². The van der Waals surface area contributed by atoms with Crippen molar-refractivity contribution in [2.45, 2.75) is 13.3 Å². The minimum atomic E-state index is 0.0184. The van der Waals surface area contributed by atoms with Crippen molar-refractivity contribution in [1.29, 1.82) is 0 Å². The number of rotatable bonds is 2. The largest absolute Gasteiger partial charge is 0.442 e. The Kier molecular flexibility index (Phi) is 1.81. The Bertz CT molecular complexity index is 448. The normalized spacial score (nSPS) is 10.5. The van der Waals surface area contributed by atoms with E-state index in [1.54, 1.807) is 19.1 Å². The number of hydrogen-bond acceptors (Lipinski definition) is 4. The van der Waals surface area contributed by atoms with Crippen LogP contribution in [0.4, 0.5) is 0 Å². The zero-order chi connectivity index (χ0) is 9.26. The summed E-state index contributed by atoms with van der Waals surface area (Å²) in [6, 6.07) is 3.36. The monoisotopic (exact) mass is 176 g/mol. The van der Waals surface area contributed by atoms with Gasteiger partial charge in [-0.15, -0.1) is 0 Å². The van der Waals surface area contributed by atoms with Crippen molar-refractivity contribution >= 4 is 17.0 Å². The first-order valence-electron chi connectivity index (χ1n) is 4.04. The highest BCUT2D eigenvalue weighted by Crippen LogP contribution is 2.10. The van der Waals surface area contributed by atoms with Gasteiger partial charge in [-0.25, -0.2) is 4.98 Å². The molecule has 4 nitrogen and oxygen atoms in total. The van der Waals surface area contributed by atoms with Crippen LogP contribution in [0.2, 0.25) is 0 Å². The molecule has 0 atom stereocenters. The standard InChI is InChI=1S/C9H8N2O2/c1-2-7(12)6-3-4-8-9(11-6)10-5-13-8/h3-5H,2H2,1H3. The molecule has 0 aromatic carbocycles. The maximum absolute atomic E-state index is 11.3. The number of nitrogens with zero attached hydrogens (tertiary/aromatic N) is 2. The number of aromatic nitrogens is 2. The minimum absolute atomic E-state index is 0.0184. The summed E-state index contributed by atoms with van der Waals surface area (Å²) in [5.74, 6) is 0.0184. The zero-order valence-corrected chi connectivity index (χ0v) is 7.15. The molecule has 2 rings (SSSR count). The first-order valence-corrected chi connectivity index (χ1v) is 4.04. The lowest BCUT2D eigenvalue weighted by molar-refractivity contribution is 0.0983. The van der Waals surface area contributed by atoms with Crippen molar-refractivity contribution in [3.8, 4) is 0 Å². The van der Waals surface area contributed by atoms with Crippen LogP contribution in [0.25, 0.3) is 11.2 Å². The lowest BCUT2D eigenvalue weighted by Gasteiger charge is -1.94. The maximum atomic E-state index is 11.3. The average molecular weight is 176 g/mol. The fourth-order valence-corrected chi connectivity index (χ4v) is 1.09. The second-order valence-electron chi connectivity index (χ2n) is 2.65. The van der Waals surface area contributed by atoms with Crippen molar-refractivity contribution < 1.29 is 9.21 Å². The van der Waals surface area contributed by atoms with Crippen molar-refractivity contribution in [1.82, 2.24) is 9.97 Å². The van der Waals surface area contributed by atoms with Crippen LogP contribution < -0.4 is 0 Å². The molecule has 13 heavy (non-hydrogen) atoms. The number of carbonyl (C=O) groups excluding carboxylic acids is 1. The van der Waals surface area contributed by atoms with E-state index < -0.39 is 0 Å². The van der Waals surface area contributed by atoms with Crippen molar-refractivity contribution in [2.24, 2.45) is 0 Å². The molecule has 0 spiro atoms. The molecule has 0 aliphatic carbocycles. The smallest absolute Gasteiger partial charge is 0.199 e. The molecule has 0 radical (unpaired) electrons. The number of pyridine rings is 1. The third-order valence-corrected chi connectivity index (χ3v) is 1.80. The molecule has 0 N–H and O–H groups in total. The molecule has 0 saturated carbocycles. The van der Waals surface area contributed by atoms with E-state index in [-0.39, 0.29) is 5.78 Å². The predicted octanol–water partition coefficient (Wildman–Crippen LogP) is 1.82. The summed E-state index contributed by atoms with van der Waals surface area (Å²) in [6.45, 7) is 1.80. The van der Waals surface area contributed by atoms with Gasteiger partial charge in [0.15, 0.2) is 23.4 Å². The van der Waals surface area contributed by atoms with E-state index in [9.17, 15) is 4.79 Å². The molecule has 2 heterocycles. The van der Waals surface area contributed by atoms with E-state index in [1.165, 1.54) is 6.39 Å². The highest BCUT2D eigenvalue weighted by molar-refractivity contribution is 5.95. The van der Waals surface area contributed by atoms with E-state index in [0.717, 1.165) is 0 Å². The van der Waals surface area contributed by atoms with Crippen LogP contribution in [0.15, 0.2) is 22.9 Å². The van der Waals surface area contributed by atoms with E-state index in [4.69, 9.17) is 4.42 Å². The summed E-state index contributed by atoms with van der Waals surface area (Å²) in [5.41, 5.74) is 1.54. The minimum Gasteiger partial charge on any atom is -0.442 e. The molecule has 0 amide bonds. The predicted molar refractivity (Wildman–Crippen MR) is 46.4 cm³/mol. The van der Waals surface area contributed by atoms with Gasteiger partial charge >= 0.3 is 0 Å². The highest BCUT2D eigenvalue weighted by atomic mass is 16.3. The molecule has 0 aliphatic rings. The lowest BCUT2D eigenvalue weighted by Crippen LogP contribution is -1.99. The van der Waals surface area contributed by atoms with Gasteiger partial charge in [0.2, 0.25) is 0 Å². The summed E-state index contributed by atoms with van der Waals surface area (Å²) in [5, 5.41) is 0. The first kappa shape index (κ1) is 7.91. The number of ketones is 1. The van der Waals surface area contributed by atoms with E-state index in [0.29, 0.717) is 23.3 Å². The molecule has 4 heteroatoms. The van der Waals surface area contributed by atoms with Gasteiger partial charge in [0.25, 0.3) is 0 Å². The van der Waals surface area contributed by atoms with E-state index in [2.05, 4.69) is 9.97 Å². The summed E-state index contributed by atoms with van der Waals surface area (Å²) < 4.78 is 5.00. The molecule has 0 saturated heterocycles. The van der Waals surface area contributed by atoms with Crippen molar-refractivity contribution in [3.63, 3.8) is 0 Å². The van der Waals surface area contributed by atoms with E-state index >= 15 is 0 Å².